The van der Waals surface area contributed by atoms with Crippen molar-refractivity contribution in [1.29, 1.82) is 0 Å². The third-order valence-corrected chi connectivity index (χ3v) is 3.10. The van der Waals surface area contributed by atoms with Gasteiger partial charge in [-0.2, -0.15) is 10.2 Å². The van der Waals surface area contributed by atoms with Gasteiger partial charge in [-0.3, -0.25) is 0 Å². The Hall–Kier alpha value is -1.94. The molecule has 0 bridgehead atoms. The van der Waals surface area contributed by atoms with E-state index in [2.05, 4.69) is 33.7 Å². The monoisotopic (exact) mass is 226 g/mol. The molecule has 86 valence electrons. The maximum absolute atomic E-state index is 5.92. The maximum Gasteiger partial charge on any atom is 0.0950 e. The highest BCUT2D eigenvalue weighted by Gasteiger charge is 2.07. The molecule has 0 saturated carbocycles. The lowest BCUT2D eigenvalue weighted by molar-refractivity contribution is 0.739. The van der Waals surface area contributed by atoms with Gasteiger partial charge in [0.1, 0.15) is 0 Å². The van der Waals surface area contributed by atoms with Crippen molar-refractivity contribution in [2.24, 2.45) is 0 Å². The minimum atomic E-state index is 0.686. The van der Waals surface area contributed by atoms with Gasteiger partial charge in [-0.25, -0.2) is 0 Å². The van der Waals surface area contributed by atoms with Crippen molar-refractivity contribution < 1.29 is 0 Å². The number of fused-ring (bicyclic) bond motifs is 1. The first-order chi connectivity index (χ1) is 8.34. The van der Waals surface area contributed by atoms with Crippen molar-refractivity contribution in [2.75, 3.05) is 18.8 Å². The number of nitrogens with zero attached hydrogens (tertiary/aromatic N) is 2. The van der Waals surface area contributed by atoms with E-state index in [9.17, 15) is 0 Å². The van der Waals surface area contributed by atoms with Gasteiger partial charge in [0, 0.05) is 11.9 Å². The number of hydrogen-bond acceptors (Lipinski definition) is 4. The molecule has 0 fully saturated rings. The summed E-state index contributed by atoms with van der Waals surface area (Å²) in [4.78, 5) is 0. The molecule has 0 spiro atoms. The molecule has 3 N–H and O–H groups in total. The molecule has 0 saturated heterocycles. The summed E-state index contributed by atoms with van der Waals surface area (Å²) in [6.45, 7) is 1.98. The van der Waals surface area contributed by atoms with E-state index in [0.717, 1.165) is 30.4 Å². The van der Waals surface area contributed by atoms with Crippen LogP contribution in [0.5, 0.6) is 0 Å². The highest BCUT2D eigenvalue weighted by molar-refractivity contribution is 5.91. The predicted molar refractivity (Wildman–Crippen MR) is 69.4 cm³/mol. The van der Waals surface area contributed by atoms with E-state index in [1.807, 2.05) is 6.07 Å². The Labute approximate surface area is 99.5 Å². The summed E-state index contributed by atoms with van der Waals surface area (Å²) in [5.41, 5.74) is 10.1. The van der Waals surface area contributed by atoms with E-state index in [4.69, 9.17) is 5.73 Å². The van der Waals surface area contributed by atoms with E-state index in [0.29, 0.717) is 5.69 Å². The minimum absolute atomic E-state index is 0.686. The van der Waals surface area contributed by atoms with Gasteiger partial charge in [0.2, 0.25) is 0 Å². The third-order valence-electron chi connectivity index (χ3n) is 3.10. The molecule has 4 heteroatoms. The number of anilines is 1. The number of rotatable bonds is 1. The summed E-state index contributed by atoms with van der Waals surface area (Å²) in [5, 5.41) is 12.2. The molecule has 17 heavy (non-hydrogen) atoms. The fourth-order valence-corrected chi connectivity index (χ4v) is 2.16. The van der Waals surface area contributed by atoms with Crippen molar-refractivity contribution in [3.05, 3.63) is 36.0 Å². The molecule has 0 unspecified atom stereocenters. The number of hydrogen-bond donors (Lipinski definition) is 2. The molecular formula is C13H14N4. The lowest BCUT2D eigenvalue weighted by atomic mass is 9.98. The molecule has 0 aliphatic carbocycles. The molecule has 0 atom stereocenters. The van der Waals surface area contributed by atoms with Crippen LogP contribution in [0.15, 0.2) is 30.5 Å². The number of nitrogens with one attached hydrogen (secondary N) is 1. The first-order valence-corrected chi connectivity index (χ1v) is 5.75. The normalized spacial score (nSPS) is 15.9. The Morgan fingerprint density at radius 2 is 2.24 bits per heavy atom. The fourth-order valence-electron chi connectivity index (χ4n) is 2.16. The largest absolute Gasteiger partial charge is 0.397 e. The van der Waals surface area contributed by atoms with E-state index < -0.39 is 0 Å². The Kier molecular flexibility index (Phi) is 2.49. The van der Waals surface area contributed by atoms with Crippen molar-refractivity contribution in [3.8, 4) is 0 Å². The van der Waals surface area contributed by atoms with Gasteiger partial charge in [0.05, 0.1) is 17.4 Å². The van der Waals surface area contributed by atoms with E-state index in [1.165, 1.54) is 11.1 Å². The summed E-state index contributed by atoms with van der Waals surface area (Å²) in [6.07, 6.45) is 4.89. The second kappa shape index (κ2) is 4.14. The van der Waals surface area contributed by atoms with Crippen LogP contribution in [0.3, 0.4) is 0 Å². The zero-order valence-corrected chi connectivity index (χ0v) is 9.48. The highest BCUT2D eigenvalue weighted by atomic mass is 15.1. The van der Waals surface area contributed by atoms with Crippen LogP contribution < -0.4 is 11.1 Å². The molecular weight excluding hydrogens is 212 g/mol. The Morgan fingerprint density at radius 3 is 3.06 bits per heavy atom. The Balaban J connectivity index is 2.12. The van der Waals surface area contributed by atoms with Crippen molar-refractivity contribution in [1.82, 2.24) is 15.5 Å². The van der Waals surface area contributed by atoms with Crippen LogP contribution in [-0.2, 0) is 0 Å². The molecule has 3 rings (SSSR count). The average molecular weight is 226 g/mol. The van der Waals surface area contributed by atoms with Crippen LogP contribution >= 0.6 is 0 Å². The molecule has 1 aliphatic heterocycles. The summed E-state index contributed by atoms with van der Waals surface area (Å²) in [7, 11) is 0. The summed E-state index contributed by atoms with van der Waals surface area (Å²) >= 11 is 0. The van der Waals surface area contributed by atoms with Gasteiger partial charge in [-0.15, -0.1) is 0 Å². The van der Waals surface area contributed by atoms with Gasteiger partial charge < -0.3 is 11.1 Å². The number of benzene rings is 1. The topological polar surface area (TPSA) is 63.8 Å². The SMILES string of the molecule is Nc1cnnc2ccc(C3=CCNCC3)cc12. The van der Waals surface area contributed by atoms with Crippen LogP contribution in [0.2, 0.25) is 0 Å². The number of aromatic nitrogens is 2. The maximum atomic E-state index is 5.92. The molecule has 4 nitrogen and oxygen atoms in total. The van der Waals surface area contributed by atoms with Gasteiger partial charge >= 0.3 is 0 Å². The fraction of sp³-hybridized carbons (Fsp3) is 0.231. The molecule has 1 aromatic carbocycles. The lowest BCUT2D eigenvalue weighted by Crippen LogP contribution is -2.19. The van der Waals surface area contributed by atoms with E-state index in [-0.39, 0.29) is 0 Å². The van der Waals surface area contributed by atoms with Gasteiger partial charge in [0.25, 0.3) is 0 Å². The molecule has 2 heterocycles. The smallest absolute Gasteiger partial charge is 0.0950 e. The van der Waals surface area contributed by atoms with Gasteiger partial charge in [0.15, 0.2) is 0 Å². The van der Waals surface area contributed by atoms with E-state index in [1.54, 1.807) is 6.20 Å². The second-order valence-corrected chi connectivity index (χ2v) is 4.22. The summed E-state index contributed by atoms with van der Waals surface area (Å²) in [6, 6.07) is 6.18. The molecule has 0 radical (unpaired) electrons. The van der Waals surface area contributed by atoms with Gasteiger partial charge in [-0.05, 0) is 36.2 Å². The van der Waals surface area contributed by atoms with Crippen molar-refractivity contribution in [2.45, 2.75) is 6.42 Å². The Bertz CT molecular complexity index is 589. The van der Waals surface area contributed by atoms with Gasteiger partial charge in [-0.1, -0.05) is 12.1 Å². The van der Waals surface area contributed by atoms with Crippen LogP contribution in [0.1, 0.15) is 12.0 Å². The highest BCUT2D eigenvalue weighted by Crippen LogP contribution is 2.25. The first-order valence-electron chi connectivity index (χ1n) is 5.75. The van der Waals surface area contributed by atoms with Crippen LogP contribution in [-0.4, -0.2) is 23.3 Å². The Morgan fingerprint density at radius 1 is 1.29 bits per heavy atom. The third kappa shape index (κ3) is 1.87. The quantitative estimate of drug-likeness (QED) is 0.775. The van der Waals surface area contributed by atoms with E-state index >= 15 is 0 Å². The minimum Gasteiger partial charge on any atom is -0.397 e. The zero-order valence-electron chi connectivity index (χ0n) is 9.48. The summed E-state index contributed by atoms with van der Waals surface area (Å²) < 4.78 is 0. The summed E-state index contributed by atoms with van der Waals surface area (Å²) in [5.74, 6) is 0. The van der Waals surface area contributed by atoms with Crippen LogP contribution in [0, 0.1) is 0 Å². The second-order valence-electron chi connectivity index (χ2n) is 4.22. The number of nitrogens with two attached hydrogens (primary N) is 1. The lowest BCUT2D eigenvalue weighted by Gasteiger charge is -2.14. The predicted octanol–water partition coefficient (Wildman–Crippen LogP) is 1.59. The van der Waals surface area contributed by atoms with Crippen molar-refractivity contribution in [3.63, 3.8) is 0 Å². The number of nitrogen functional groups attached to an aromatic ring is 1. The first kappa shape index (κ1) is 10.2. The molecule has 1 aromatic heterocycles. The van der Waals surface area contributed by atoms with Crippen molar-refractivity contribution >= 4 is 22.2 Å². The average Bonchev–Trinajstić information content (AvgIpc) is 2.40. The molecule has 0 amide bonds. The molecule has 2 aromatic rings. The standard InChI is InChI=1S/C13H14N4/c14-12-8-16-17-13-2-1-10(7-11(12)13)9-3-5-15-6-4-9/h1-3,7-8,15H,4-6H2,(H2,14,17). The zero-order chi connectivity index (χ0) is 11.7. The molecule has 1 aliphatic rings. The van der Waals surface area contributed by atoms with Crippen LogP contribution in [0.4, 0.5) is 5.69 Å². The van der Waals surface area contributed by atoms with Crippen LogP contribution in [0.25, 0.3) is 16.5 Å².